The summed E-state index contributed by atoms with van der Waals surface area (Å²) in [5.74, 6) is 3.51. The van der Waals surface area contributed by atoms with Gasteiger partial charge in [-0.15, -0.1) is 0 Å². The van der Waals surface area contributed by atoms with Crippen LogP contribution in [0, 0.1) is 11.8 Å². The SMILES string of the molecule is CCC(O)Cc1nc(C2CCC(C(C)C)CC2)no1. The highest BCUT2D eigenvalue weighted by Crippen LogP contribution is 2.37. The van der Waals surface area contributed by atoms with Crippen molar-refractivity contribution in [3.05, 3.63) is 11.7 Å². The number of hydrogen-bond acceptors (Lipinski definition) is 4. The molecular weight excluding hydrogens is 240 g/mol. The van der Waals surface area contributed by atoms with E-state index in [9.17, 15) is 5.11 Å². The van der Waals surface area contributed by atoms with Gasteiger partial charge in [-0.05, 0) is 43.9 Å². The average Bonchev–Trinajstić information content (AvgIpc) is 2.87. The van der Waals surface area contributed by atoms with E-state index < -0.39 is 0 Å². The topological polar surface area (TPSA) is 59.2 Å². The third-order valence-electron chi connectivity index (χ3n) is 4.45. The monoisotopic (exact) mass is 266 g/mol. The molecule has 0 bridgehead atoms. The highest BCUT2D eigenvalue weighted by molar-refractivity contribution is 4.98. The van der Waals surface area contributed by atoms with E-state index in [4.69, 9.17) is 4.52 Å². The van der Waals surface area contributed by atoms with Crippen molar-refractivity contribution in [1.29, 1.82) is 0 Å². The lowest BCUT2D eigenvalue weighted by Crippen LogP contribution is -2.18. The zero-order valence-electron chi connectivity index (χ0n) is 12.3. The van der Waals surface area contributed by atoms with Gasteiger partial charge in [0.25, 0.3) is 0 Å². The molecule has 1 heterocycles. The Morgan fingerprint density at radius 1 is 1.26 bits per heavy atom. The molecule has 0 aromatic carbocycles. The minimum absolute atomic E-state index is 0.370. The molecule has 4 nitrogen and oxygen atoms in total. The summed E-state index contributed by atoms with van der Waals surface area (Å²) in [5, 5.41) is 13.7. The van der Waals surface area contributed by atoms with Crippen LogP contribution in [0.5, 0.6) is 0 Å². The van der Waals surface area contributed by atoms with E-state index in [0.717, 1.165) is 36.9 Å². The molecule has 1 aliphatic rings. The van der Waals surface area contributed by atoms with Gasteiger partial charge in [-0.3, -0.25) is 0 Å². The third kappa shape index (κ3) is 3.78. The Labute approximate surface area is 115 Å². The van der Waals surface area contributed by atoms with Crippen LogP contribution < -0.4 is 0 Å². The summed E-state index contributed by atoms with van der Waals surface area (Å²) in [7, 11) is 0. The van der Waals surface area contributed by atoms with Crippen LogP contribution in [0.1, 0.15) is 70.5 Å². The molecule has 1 N–H and O–H groups in total. The molecule has 1 fully saturated rings. The Kier molecular flexibility index (Phi) is 4.97. The van der Waals surface area contributed by atoms with Gasteiger partial charge in [-0.1, -0.05) is 25.9 Å². The summed E-state index contributed by atoms with van der Waals surface area (Å²) < 4.78 is 5.24. The summed E-state index contributed by atoms with van der Waals surface area (Å²) in [6, 6.07) is 0. The minimum Gasteiger partial charge on any atom is -0.393 e. The predicted octanol–water partition coefficient (Wildman–Crippen LogP) is 3.31. The van der Waals surface area contributed by atoms with Crippen molar-refractivity contribution >= 4 is 0 Å². The number of nitrogens with zero attached hydrogens (tertiary/aromatic N) is 2. The Hall–Kier alpha value is -0.900. The molecule has 2 rings (SSSR count). The van der Waals surface area contributed by atoms with Crippen molar-refractivity contribution in [2.24, 2.45) is 11.8 Å². The molecule has 0 saturated heterocycles. The van der Waals surface area contributed by atoms with Crippen molar-refractivity contribution in [1.82, 2.24) is 10.1 Å². The van der Waals surface area contributed by atoms with Crippen LogP contribution in [0.3, 0.4) is 0 Å². The van der Waals surface area contributed by atoms with Crippen LogP contribution in [0.4, 0.5) is 0 Å². The maximum atomic E-state index is 9.60. The second-order valence-electron chi connectivity index (χ2n) is 6.17. The van der Waals surface area contributed by atoms with E-state index in [-0.39, 0.29) is 6.10 Å². The van der Waals surface area contributed by atoms with E-state index in [2.05, 4.69) is 24.0 Å². The van der Waals surface area contributed by atoms with Gasteiger partial charge in [0, 0.05) is 5.92 Å². The van der Waals surface area contributed by atoms with E-state index in [1.54, 1.807) is 0 Å². The number of aromatic nitrogens is 2. The molecule has 108 valence electrons. The molecule has 1 atom stereocenters. The molecule has 0 aliphatic heterocycles. The van der Waals surface area contributed by atoms with Crippen LogP contribution >= 0.6 is 0 Å². The lowest BCUT2D eigenvalue weighted by Gasteiger charge is -2.29. The normalized spacial score (nSPS) is 25.7. The number of hydrogen-bond donors (Lipinski definition) is 1. The van der Waals surface area contributed by atoms with Crippen molar-refractivity contribution in [3.8, 4) is 0 Å². The molecule has 0 radical (unpaired) electrons. The van der Waals surface area contributed by atoms with Crippen LogP contribution in [0.15, 0.2) is 4.52 Å². The molecule has 1 saturated carbocycles. The highest BCUT2D eigenvalue weighted by atomic mass is 16.5. The van der Waals surface area contributed by atoms with Gasteiger partial charge in [0.1, 0.15) is 0 Å². The first-order chi connectivity index (χ1) is 9.10. The summed E-state index contributed by atoms with van der Waals surface area (Å²) in [6.07, 6.45) is 5.69. The van der Waals surface area contributed by atoms with E-state index >= 15 is 0 Å². The zero-order chi connectivity index (χ0) is 13.8. The smallest absolute Gasteiger partial charge is 0.229 e. The number of aliphatic hydroxyl groups excluding tert-OH is 1. The lowest BCUT2D eigenvalue weighted by molar-refractivity contribution is 0.158. The van der Waals surface area contributed by atoms with Crippen LogP contribution in [-0.2, 0) is 6.42 Å². The van der Waals surface area contributed by atoms with E-state index in [1.807, 2.05) is 6.92 Å². The number of rotatable bonds is 5. The van der Waals surface area contributed by atoms with Gasteiger partial charge in [0.2, 0.25) is 5.89 Å². The molecule has 0 amide bonds. The predicted molar refractivity (Wildman–Crippen MR) is 73.8 cm³/mol. The van der Waals surface area contributed by atoms with E-state index in [0.29, 0.717) is 18.2 Å². The average molecular weight is 266 g/mol. The Balaban J connectivity index is 1.89. The van der Waals surface area contributed by atoms with Gasteiger partial charge < -0.3 is 9.63 Å². The van der Waals surface area contributed by atoms with Crippen LogP contribution in [0.2, 0.25) is 0 Å². The van der Waals surface area contributed by atoms with Gasteiger partial charge in [0.15, 0.2) is 5.82 Å². The zero-order valence-corrected chi connectivity index (χ0v) is 12.3. The molecule has 1 aromatic heterocycles. The lowest BCUT2D eigenvalue weighted by atomic mass is 9.77. The first kappa shape index (κ1) is 14.5. The number of aliphatic hydroxyl groups is 1. The maximum Gasteiger partial charge on any atom is 0.229 e. The maximum absolute atomic E-state index is 9.60. The molecule has 4 heteroatoms. The van der Waals surface area contributed by atoms with Gasteiger partial charge in [-0.2, -0.15) is 4.98 Å². The quantitative estimate of drug-likeness (QED) is 0.888. The fraction of sp³-hybridized carbons (Fsp3) is 0.867. The first-order valence-electron chi connectivity index (χ1n) is 7.60. The van der Waals surface area contributed by atoms with Crippen LogP contribution in [-0.4, -0.2) is 21.4 Å². The van der Waals surface area contributed by atoms with Crippen molar-refractivity contribution < 1.29 is 9.63 Å². The molecule has 1 aliphatic carbocycles. The fourth-order valence-electron chi connectivity index (χ4n) is 2.91. The molecule has 1 aromatic rings. The summed E-state index contributed by atoms with van der Waals surface area (Å²) in [4.78, 5) is 4.45. The largest absolute Gasteiger partial charge is 0.393 e. The fourth-order valence-corrected chi connectivity index (χ4v) is 2.91. The van der Waals surface area contributed by atoms with Crippen molar-refractivity contribution in [2.45, 2.75) is 71.3 Å². The molecule has 1 unspecified atom stereocenters. The Bertz CT molecular complexity index is 381. The summed E-state index contributed by atoms with van der Waals surface area (Å²) >= 11 is 0. The van der Waals surface area contributed by atoms with Gasteiger partial charge in [0.05, 0.1) is 12.5 Å². The molecule has 0 spiro atoms. The second-order valence-corrected chi connectivity index (χ2v) is 6.17. The van der Waals surface area contributed by atoms with Crippen molar-refractivity contribution in [3.63, 3.8) is 0 Å². The summed E-state index contributed by atoms with van der Waals surface area (Å²) in [5.41, 5.74) is 0. The molecular formula is C15H26N2O2. The van der Waals surface area contributed by atoms with Gasteiger partial charge in [-0.25, -0.2) is 0 Å². The first-order valence-corrected chi connectivity index (χ1v) is 7.60. The Morgan fingerprint density at radius 2 is 1.95 bits per heavy atom. The highest BCUT2D eigenvalue weighted by Gasteiger charge is 2.27. The third-order valence-corrected chi connectivity index (χ3v) is 4.45. The van der Waals surface area contributed by atoms with E-state index in [1.165, 1.54) is 12.8 Å². The standard InChI is InChI=1S/C15H26N2O2/c1-4-13(18)9-14-16-15(17-19-14)12-7-5-11(6-8-12)10(2)3/h10-13,18H,4-9H2,1-3H3. The minimum atomic E-state index is -0.370. The van der Waals surface area contributed by atoms with Crippen LogP contribution in [0.25, 0.3) is 0 Å². The summed E-state index contributed by atoms with van der Waals surface area (Å²) in [6.45, 7) is 6.57. The Morgan fingerprint density at radius 3 is 2.53 bits per heavy atom. The second kappa shape index (κ2) is 6.51. The van der Waals surface area contributed by atoms with Gasteiger partial charge >= 0.3 is 0 Å². The molecule has 19 heavy (non-hydrogen) atoms. The van der Waals surface area contributed by atoms with Crippen molar-refractivity contribution in [2.75, 3.05) is 0 Å².